The number of carbonyl (C=O) groups is 4. The van der Waals surface area contributed by atoms with Crippen LogP contribution >= 0.6 is 112 Å². The first-order valence-electron chi connectivity index (χ1n) is 21.3. The molecule has 330 valence electrons. The van der Waals surface area contributed by atoms with Gasteiger partial charge in [-0.25, -0.2) is 9.59 Å². The number of halogens is 7. The number of rotatable bonds is 24. The molecule has 0 fully saturated rings. The topological polar surface area (TPSA) is 133 Å². The van der Waals surface area contributed by atoms with Gasteiger partial charge in [-0.05, 0) is 114 Å². The minimum Gasteiger partial charge on any atom is -0.478 e. The van der Waals surface area contributed by atoms with E-state index >= 15 is 0 Å². The molecule has 0 aliphatic rings. The van der Waals surface area contributed by atoms with E-state index in [1.165, 1.54) is 83.1 Å². The molecule has 0 atom stereocenters. The van der Waals surface area contributed by atoms with Crippen LogP contribution in [-0.4, -0.2) is 47.1 Å². The largest absolute Gasteiger partial charge is 0.478 e. The Bertz CT molecular complexity index is 2410. The monoisotopic (exact) mass is 1280 g/mol. The summed E-state index contributed by atoms with van der Waals surface area (Å²) in [6.45, 7) is 5.34. The van der Waals surface area contributed by atoms with Crippen molar-refractivity contribution < 1.29 is 29.4 Å². The summed E-state index contributed by atoms with van der Waals surface area (Å²) in [6.07, 6.45) is 20.6. The van der Waals surface area contributed by atoms with E-state index in [2.05, 4.69) is 136 Å². The second-order valence-electron chi connectivity index (χ2n) is 15.7. The predicted octanol–water partition coefficient (Wildman–Crippen LogP) is 17.0. The number of hydrogen-bond donors (Lipinski definition) is 4. The number of hydrogen-bond acceptors (Lipinski definition) is 4. The van der Waals surface area contributed by atoms with Crippen molar-refractivity contribution >= 4 is 178 Å². The van der Waals surface area contributed by atoms with Crippen LogP contribution < -0.4 is 10.6 Å². The van der Waals surface area contributed by atoms with Gasteiger partial charge in [0, 0.05) is 87.5 Å². The Morgan fingerprint density at radius 1 is 0.410 bits per heavy atom. The Morgan fingerprint density at radius 3 is 1.13 bits per heavy atom. The molecule has 61 heavy (non-hydrogen) atoms. The Balaban J connectivity index is 1.68. The first kappa shape index (κ1) is 50.6. The molecule has 0 unspecified atom stereocenters. The molecule has 15 heteroatoms. The number of carboxylic acids is 2. The van der Waals surface area contributed by atoms with Crippen LogP contribution in [0.4, 0.5) is 0 Å². The second kappa shape index (κ2) is 23.7. The lowest BCUT2D eigenvalue weighted by Gasteiger charge is -2.25. The molecule has 2 amide bonds. The number of fused-ring (bicyclic) bond motifs is 2. The van der Waals surface area contributed by atoms with E-state index in [0.29, 0.717) is 77.6 Å². The van der Waals surface area contributed by atoms with Crippen LogP contribution in [-0.2, 0) is 0 Å². The van der Waals surface area contributed by atoms with Crippen molar-refractivity contribution in [3.05, 3.63) is 59.6 Å². The predicted molar refractivity (Wildman–Crippen MR) is 275 cm³/mol. The normalized spacial score (nSPS) is 11.8. The highest BCUT2D eigenvalue weighted by Crippen LogP contribution is 2.56. The van der Waals surface area contributed by atoms with E-state index in [1.54, 1.807) is 0 Å². The molecule has 0 aliphatic heterocycles. The van der Waals surface area contributed by atoms with Gasteiger partial charge in [0.1, 0.15) is 0 Å². The molecular formula is C46H51Br7N2O6. The highest BCUT2D eigenvalue weighted by atomic mass is 79.9. The summed E-state index contributed by atoms with van der Waals surface area (Å²) in [5.74, 6) is -3.33. The van der Waals surface area contributed by atoms with Crippen LogP contribution in [0.25, 0.3) is 43.1 Å². The summed E-state index contributed by atoms with van der Waals surface area (Å²) in [5, 5.41) is 30.7. The van der Waals surface area contributed by atoms with Gasteiger partial charge < -0.3 is 20.8 Å². The summed E-state index contributed by atoms with van der Waals surface area (Å²) in [6, 6.07) is 1.41. The average molecular weight is 1290 g/mol. The summed E-state index contributed by atoms with van der Waals surface area (Å²) in [4.78, 5) is 55.0. The smallest absolute Gasteiger partial charge is 0.337 e. The van der Waals surface area contributed by atoms with Gasteiger partial charge in [0.2, 0.25) is 0 Å². The van der Waals surface area contributed by atoms with E-state index in [-0.39, 0.29) is 43.9 Å². The first-order chi connectivity index (χ1) is 29.2. The summed E-state index contributed by atoms with van der Waals surface area (Å²) in [5.41, 5.74) is 0.100. The fourth-order valence-corrected chi connectivity index (χ4v) is 12.6. The van der Waals surface area contributed by atoms with Crippen LogP contribution in [0.3, 0.4) is 0 Å². The maximum atomic E-state index is 14.6. The van der Waals surface area contributed by atoms with E-state index in [0.717, 1.165) is 38.5 Å². The lowest BCUT2D eigenvalue weighted by Crippen LogP contribution is -2.28. The Hall–Kier alpha value is -1.36. The lowest BCUT2D eigenvalue weighted by atomic mass is 9.84. The van der Waals surface area contributed by atoms with Crippen LogP contribution in [0, 0.1) is 0 Å². The van der Waals surface area contributed by atoms with Crippen LogP contribution in [0.15, 0.2) is 37.4 Å². The molecule has 0 aliphatic carbocycles. The number of carboxylic acid groups (broad SMARTS) is 2. The zero-order valence-electron chi connectivity index (χ0n) is 34.4. The Kier molecular flexibility index (Phi) is 19.7. The van der Waals surface area contributed by atoms with Crippen LogP contribution in [0.5, 0.6) is 0 Å². The van der Waals surface area contributed by atoms with Crippen LogP contribution in [0.1, 0.15) is 171 Å². The van der Waals surface area contributed by atoms with Crippen molar-refractivity contribution in [1.82, 2.24) is 10.6 Å². The van der Waals surface area contributed by atoms with Crippen molar-refractivity contribution in [2.75, 3.05) is 13.1 Å². The molecule has 0 bridgehead atoms. The minimum absolute atomic E-state index is 0.0266. The zero-order valence-corrected chi connectivity index (χ0v) is 45.5. The summed E-state index contributed by atoms with van der Waals surface area (Å²) < 4.78 is 2.65. The Labute approximate surface area is 416 Å². The number of unbranched alkanes of at least 4 members (excludes halogenated alkanes) is 16. The molecule has 5 aromatic rings. The average Bonchev–Trinajstić information content (AvgIpc) is 3.22. The minimum atomic E-state index is -1.32. The van der Waals surface area contributed by atoms with E-state index in [4.69, 9.17) is 0 Å². The number of amides is 2. The van der Waals surface area contributed by atoms with Gasteiger partial charge in [0.25, 0.3) is 11.8 Å². The van der Waals surface area contributed by atoms with Gasteiger partial charge in [-0.15, -0.1) is 0 Å². The van der Waals surface area contributed by atoms with Gasteiger partial charge in [-0.1, -0.05) is 133 Å². The third-order valence-electron chi connectivity index (χ3n) is 11.5. The maximum Gasteiger partial charge on any atom is 0.337 e. The fraction of sp³-hybridized carbons (Fsp3) is 0.478. The molecule has 4 N–H and O–H groups in total. The van der Waals surface area contributed by atoms with Crippen molar-refractivity contribution in [1.29, 1.82) is 0 Å². The summed E-state index contributed by atoms with van der Waals surface area (Å²) in [7, 11) is 0. The maximum absolute atomic E-state index is 14.6. The highest BCUT2D eigenvalue weighted by molar-refractivity contribution is 9.14. The number of benzene rings is 5. The quantitative estimate of drug-likeness (QED) is 0.0276. The van der Waals surface area contributed by atoms with Crippen molar-refractivity contribution in [2.24, 2.45) is 0 Å². The third-order valence-corrected chi connectivity index (χ3v) is 18.4. The third kappa shape index (κ3) is 11.0. The number of nitrogens with one attached hydrogen (secondary N) is 2. The lowest BCUT2D eigenvalue weighted by molar-refractivity contribution is 0.0694. The molecule has 0 saturated carbocycles. The zero-order chi connectivity index (χ0) is 44.5. The molecule has 0 spiro atoms. The SMILES string of the molecule is CCCCCCCCCCCNC(=O)c1c(Br)c(Br)c2c3c(Br)cc(C(=O)O)c4c(C(=O)O)c(Br)c(Br)c(c5c(Br)c(Br)c(C(=O)NCCCCCCCCCCC)c1c25)c43. The molecule has 0 aromatic heterocycles. The molecule has 5 rings (SSSR count). The van der Waals surface area contributed by atoms with E-state index in [9.17, 15) is 29.4 Å². The van der Waals surface area contributed by atoms with Gasteiger partial charge in [0.05, 0.1) is 22.3 Å². The molecule has 0 radical (unpaired) electrons. The van der Waals surface area contributed by atoms with Gasteiger partial charge >= 0.3 is 11.9 Å². The number of aromatic carboxylic acids is 2. The van der Waals surface area contributed by atoms with Crippen molar-refractivity contribution in [3.63, 3.8) is 0 Å². The molecule has 8 nitrogen and oxygen atoms in total. The molecular weight excluding hydrogens is 1240 g/mol. The van der Waals surface area contributed by atoms with E-state index in [1.807, 2.05) is 0 Å². The van der Waals surface area contributed by atoms with Crippen molar-refractivity contribution in [3.8, 4) is 0 Å². The highest BCUT2D eigenvalue weighted by Gasteiger charge is 2.35. The molecule has 5 aromatic carbocycles. The van der Waals surface area contributed by atoms with E-state index < -0.39 is 11.9 Å². The number of carbonyl (C=O) groups excluding carboxylic acids is 2. The fourth-order valence-electron chi connectivity index (χ4n) is 8.42. The van der Waals surface area contributed by atoms with Gasteiger partial charge in [-0.2, -0.15) is 0 Å². The standard InChI is InChI=1S/C46H51Br7N2O6/c1-3-5-7-9-11-13-15-17-19-21-54-43(56)34-30-29-31(37(48)40(34)51)27-25(47)23-24(45(58)59)26-28(27)32(39(50)42(53)36(26)46(60)61)33(29)38(49)41(52)35(30)44(57)55-22-20-18-16-14-12-10-8-6-4-2/h23H,3-22H2,1-2H3,(H,54,56)(H,55,57)(H,58,59)(H,60,61). The molecule has 0 saturated heterocycles. The summed E-state index contributed by atoms with van der Waals surface area (Å²) >= 11 is 26.1. The van der Waals surface area contributed by atoms with Crippen LogP contribution in [0.2, 0.25) is 0 Å². The second-order valence-corrected chi connectivity index (χ2v) is 21.3. The Morgan fingerprint density at radius 2 is 0.754 bits per heavy atom. The van der Waals surface area contributed by atoms with Gasteiger partial charge in [-0.3, -0.25) is 9.59 Å². The molecule has 0 heterocycles. The van der Waals surface area contributed by atoms with Crippen molar-refractivity contribution in [2.45, 2.75) is 129 Å². The first-order valence-corrected chi connectivity index (χ1v) is 26.8. The van der Waals surface area contributed by atoms with Gasteiger partial charge in [0.15, 0.2) is 0 Å².